The van der Waals surface area contributed by atoms with Crippen molar-refractivity contribution in [2.75, 3.05) is 31.1 Å². The highest BCUT2D eigenvalue weighted by molar-refractivity contribution is 7.98. The average Bonchev–Trinajstić information content (AvgIpc) is 3.45. The maximum Gasteiger partial charge on any atom is 0.142 e. The van der Waals surface area contributed by atoms with E-state index in [1.165, 1.54) is 56.2 Å². The first kappa shape index (κ1) is 21.1. The van der Waals surface area contributed by atoms with Crippen LogP contribution in [-0.2, 0) is 25.1 Å². The van der Waals surface area contributed by atoms with E-state index < -0.39 is 0 Å². The lowest BCUT2D eigenvalue weighted by Crippen LogP contribution is -2.46. The van der Waals surface area contributed by atoms with Gasteiger partial charge in [-0.15, -0.1) is 23.1 Å². The molecule has 168 valence electrons. The number of hydrogen-bond acceptors (Lipinski definition) is 7. The lowest BCUT2D eigenvalue weighted by molar-refractivity contribution is 0.249. The van der Waals surface area contributed by atoms with Gasteiger partial charge in [-0.3, -0.25) is 9.88 Å². The Bertz CT molecular complexity index is 1230. The molecule has 0 N–H and O–H groups in total. The van der Waals surface area contributed by atoms with Gasteiger partial charge in [0.05, 0.1) is 11.1 Å². The van der Waals surface area contributed by atoms with Crippen molar-refractivity contribution in [3.8, 4) is 0 Å². The fourth-order valence-electron chi connectivity index (χ4n) is 4.85. The van der Waals surface area contributed by atoms with Crippen molar-refractivity contribution in [1.82, 2.24) is 19.9 Å². The summed E-state index contributed by atoms with van der Waals surface area (Å²) in [5, 5.41) is 1.33. The predicted molar refractivity (Wildman–Crippen MR) is 137 cm³/mol. The van der Waals surface area contributed by atoms with E-state index in [1.54, 1.807) is 0 Å². The Morgan fingerprint density at radius 1 is 0.939 bits per heavy atom. The molecule has 33 heavy (non-hydrogen) atoms. The van der Waals surface area contributed by atoms with Crippen molar-refractivity contribution < 1.29 is 0 Å². The van der Waals surface area contributed by atoms with Crippen LogP contribution < -0.4 is 4.90 Å². The van der Waals surface area contributed by atoms with Crippen LogP contribution in [0, 0.1) is 0 Å². The zero-order chi connectivity index (χ0) is 22.0. The number of rotatable bonds is 6. The van der Waals surface area contributed by atoms with Gasteiger partial charge in [-0.05, 0) is 48.6 Å². The number of anilines is 1. The van der Waals surface area contributed by atoms with Gasteiger partial charge in [0, 0.05) is 54.9 Å². The molecule has 4 heterocycles. The Labute approximate surface area is 202 Å². The van der Waals surface area contributed by atoms with Crippen LogP contribution >= 0.6 is 23.1 Å². The molecule has 0 spiro atoms. The van der Waals surface area contributed by atoms with Crippen LogP contribution in [-0.4, -0.2) is 46.0 Å². The molecule has 1 aliphatic carbocycles. The summed E-state index contributed by atoms with van der Waals surface area (Å²) in [5.74, 6) is 2.92. The summed E-state index contributed by atoms with van der Waals surface area (Å²) in [6.45, 7) is 5.06. The van der Waals surface area contributed by atoms with Crippen molar-refractivity contribution in [3.05, 3.63) is 76.7 Å². The van der Waals surface area contributed by atoms with E-state index in [0.29, 0.717) is 0 Å². The highest BCUT2D eigenvalue weighted by atomic mass is 32.2. The standard InChI is InChI=1S/C26H27N5S2/c1-2-7-20(8-3-1)32-18-23-28-25(24-21-9-4-10-22(21)33-26(24)29-23)31-14-12-30(13-15-31)17-19-6-5-11-27-16-19/h1-3,5-8,11,16H,4,9-10,12-15,17-18H2. The highest BCUT2D eigenvalue weighted by Crippen LogP contribution is 2.41. The van der Waals surface area contributed by atoms with Crippen LogP contribution in [0.4, 0.5) is 5.82 Å². The number of benzene rings is 1. The number of hydrogen-bond donors (Lipinski definition) is 0. The number of thioether (sulfide) groups is 1. The summed E-state index contributed by atoms with van der Waals surface area (Å²) in [6.07, 6.45) is 7.45. The number of nitrogens with zero attached hydrogens (tertiary/aromatic N) is 5. The number of aromatic nitrogens is 3. The Balaban J connectivity index is 1.25. The van der Waals surface area contributed by atoms with E-state index in [9.17, 15) is 0 Å². The summed E-state index contributed by atoms with van der Waals surface area (Å²) in [4.78, 5) is 23.5. The van der Waals surface area contributed by atoms with Gasteiger partial charge in [0.2, 0.25) is 0 Å². The Kier molecular flexibility index (Phi) is 6.01. The summed E-state index contributed by atoms with van der Waals surface area (Å²) in [6, 6.07) is 14.7. The number of fused-ring (bicyclic) bond motifs is 3. The molecule has 0 unspecified atom stereocenters. The molecular formula is C26H27N5S2. The summed E-state index contributed by atoms with van der Waals surface area (Å²) < 4.78 is 0. The molecule has 0 atom stereocenters. The van der Waals surface area contributed by atoms with E-state index in [4.69, 9.17) is 9.97 Å². The molecule has 7 heteroatoms. The van der Waals surface area contributed by atoms with Crippen LogP contribution in [0.15, 0.2) is 59.8 Å². The van der Waals surface area contributed by atoms with E-state index in [0.717, 1.165) is 44.3 Å². The van der Waals surface area contributed by atoms with Crippen molar-refractivity contribution >= 4 is 39.1 Å². The fourth-order valence-corrected chi connectivity index (χ4v) is 6.89. The topological polar surface area (TPSA) is 45.2 Å². The summed E-state index contributed by atoms with van der Waals surface area (Å²) in [5.41, 5.74) is 2.80. The van der Waals surface area contributed by atoms with Crippen molar-refractivity contribution in [3.63, 3.8) is 0 Å². The average molecular weight is 474 g/mol. The minimum Gasteiger partial charge on any atom is -0.353 e. The summed E-state index contributed by atoms with van der Waals surface area (Å²) in [7, 11) is 0. The second-order valence-corrected chi connectivity index (χ2v) is 10.9. The minimum absolute atomic E-state index is 0.802. The molecule has 0 saturated carbocycles. The Morgan fingerprint density at radius 2 is 1.82 bits per heavy atom. The molecule has 1 fully saturated rings. The smallest absolute Gasteiger partial charge is 0.142 e. The SMILES string of the molecule is c1ccc(SCc2nc(N3CCN(Cc4cccnc4)CC3)c3c4c(sc3n2)CCC4)cc1. The van der Waals surface area contributed by atoms with Crippen LogP contribution in [0.3, 0.4) is 0 Å². The zero-order valence-electron chi connectivity index (χ0n) is 18.6. The Hall–Kier alpha value is -2.48. The molecular weight excluding hydrogens is 446 g/mol. The number of thiophene rings is 1. The molecule has 0 bridgehead atoms. The van der Waals surface area contributed by atoms with Gasteiger partial charge in [-0.1, -0.05) is 24.3 Å². The van der Waals surface area contributed by atoms with E-state index >= 15 is 0 Å². The molecule has 1 saturated heterocycles. The minimum atomic E-state index is 0.802. The van der Waals surface area contributed by atoms with Crippen LogP contribution in [0.2, 0.25) is 0 Å². The molecule has 4 aromatic rings. The quantitative estimate of drug-likeness (QED) is 0.359. The van der Waals surface area contributed by atoms with E-state index in [-0.39, 0.29) is 0 Å². The number of piperazine rings is 1. The highest BCUT2D eigenvalue weighted by Gasteiger charge is 2.27. The molecule has 1 aliphatic heterocycles. The van der Waals surface area contributed by atoms with Crippen LogP contribution in [0.5, 0.6) is 0 Å². The van der Waals surface area contributed by atoms with Gasteiger partial charge in [-0.2, -0.15) is 0 Å². The second-order valence-electron chi connectivity index (χ2n) is 8.73. The number of aryl methyl sites for hydroxylation is 2. The van der Waals surface area contributed by atoms with E-state index in [1.807, 2.05) is 41.6 Å². The first-order chi connectivity index (χ1) is 16.3. The van der Waals surface area contributed by atoms with E-state index in [2.05, 4.69) is 51.2 Å². The third kappa shape index (κ3) is 4.50. The van der Waals surface area contributed by atoms with Gasteiger partial charge in [0.25, 0.3) is 0 Å². The molecule has 3 aromatic heterocycles. The largest absolute Gasteiger partial charge is 0.353 e. The Morgan fingerprint density at radius 3 is 2.64 bits per heavy atom. The monoisotopic (exact) mass is 473 g/mol. The van der Waals surface area contributed by atoms with Crippen molar-refractivity contribution in [2.24, 2.45) is 0 Å². The second kappa shape index (κ2) is 9.41. The molecule has 1 aromatic carbocycles. The van der Waals surface area contributed by atoms with Crippen LogP contribution in [0.1, 0.15) is 28.2 Å². The fraction of sp³-hybridized carbons (Fsp3) is 0.346. The normalized spacial score (nSPS) is 16.4. The molecule has 0 radical (unpaired) electrons. The van der Waals surface area contributed by atoms with Gasteiger partial charge in [-0.25, -0.2) is 9.97 Å². The molecule has 0 amide bonds. The van der Waals surface area contributed by atoms with Gasteiger partial charge < -0.3 is 4.90 Å². The van der Waals surface area contributed by atoms with Crippen LogP contribution in [0.25, 0.3) is 10.2 Å². The van der Waals surface area contributed by atoms with Crippen molar-refractivity contribution in [1.29, 1.82) is 0 Å². The maximum atomic E-state index is 5.17. The first-order valence-electron chi connectivity index (χ1n) is 11.7. The number of pyridine rings is 1. The lowest BCUT2D eigenvalue weighted by Gasteiger charge is -2.35. The zero-order valence-corrected chi connectivity index (χ0v) is 20.2. The molecule has 5 nitrogen and oxygen atoms in total. The van der Waals surface area contributed by atoms with Crippen molar-refractivity contribution in [2.45, 2.75) is 36.5 Å². The van der Waals surface area contributed by atoms with Gasteiger partial charge >= 0.3 is 0 Å². The lowest BCUT2D eigenvalue weighted by atomic mass is 10.1. The molecule has 2 aliphatic rings. The van der Waals surface area contributed by atoms with Gasteiger partial charge in [0.1, 0.15) is 16.5 Å². The maximum absolute atomic E-state index is 5.17. The van der Waals surface area contributed by atoms with Gasteiger partial charge in [0.15, 0.2) is 0 Å². The first-order valence-corrected chi connectivity index (χ1v) is 13.5. The predicted octanol–water partition coefficient (Wildman–Crippen LogP) is 5.19. The molecule has 6 rings (SSSR count). The summed E-state index contributed by atoms with van der Waals surface area (Å²) >= 11 is 3.72. The third-order valence-electron chi connectivity index (χ3n) is 6.50. The third-order valence-corrected chi connectivity index (χ3v) is 8.70.